The second-order valence-corrected chi connectivity index (χ2v) is 10.2. The van der Waals surface area contributed by atoms with E-state index in [0.717, 1.165) is 33.3 Å². The maximum atomic E-state index is 14.0. The first-order chi connectivity index (χ1) is 18.0. The summed E-state index contributed by atoms with van der Waals surface area (Å²) in [5.74, 6) is 0.492. The quantitative estimate of drug-likeness (QED) is 0.354. The number of aromatic nitrogens is 1. The fraction of sp³-hybridized carbons (Fsp3) is 0.241. The molecule has 4 aromatic rings. The molecule has 37 heavy (non-hydrogen) atoms. The van der Waals surface area contributed by atoms with Gasteiger partial charge in [-0.15, -0.1) is 0 Å². The van der Waals surface area contributed by atoms with Gasteiger partial charge in [-0.2, -0.15) is 0 Å². The van der Waals surface area contributed by atoms with Crippen molar-refractivity contribution >= 4 is 45.9 Å². The maximum Gasteiger partial charge on any atom is 0.246 e. The average molecular weight is 534 g/mol. The van der Waals surface area contributed by atoms with E-state index in [1.165, 1.54) is 0 Å². The number of benzene rings is 3. The minimum absolute atomic E-state index is 0.0306. The van der Waals surface area contributed by atoms with Gasteiger partial charge in [0.1, 0.15) is 24.4 Å². The Bertz CT molecular complexity index is 1530. The zero-order chi connectivity index (χ0) is 25.7. The molecule has 2 aliphatic rings. The number of para-hydroxylation sites is 2. The molecule has 0 radical (unpaired) electrons. The van der Waals surface area contributed by atoms with Crippen LogP contribution in [0.3, 0.4) is 0 Å². The molecule has 2 amide bonds. The van der Waals surface area contributed by atoms with E-state index in [0.29, 0.717) is 28.8 Å². The van der Waals surface area contributed by atoms with Crippen LogP contribution in [0.5, 0.6) is 5.75 Å². The molecular weight excluding hydrogens is 509 g/mol. The van der Waals surface area contributed by atoms with E-state index in [2.05, 4.69) is 11.1 Å². The van der Waals surface area contributed by atoms with Crippen LogP contribution >= 0.6 is 23.2 Å². The average Bonchev–Trinajstić information content (AvgIpc) is 3.26. The summed E-state index contributed by atoms with van der Waals surface area (Å²) in [4.78, 5) is 34.7. The number of amides is 2. The van der Waals surface area contributed by atoms with Crippen molar-refractivity contribution in [3.05, 3.63) is 99.2 Å². The Morgan fingerprint density at radius 2 is 1.81 bits per heavy atom. The number of piperazine rings is 1. The van der Waals surface area contributed by atoms with Crippen molar-refractivity contribution in [1.29, 1.82) is 0 Å². The molecule has 188 valence electrons. The van der Waals surface area contributed by atoms with Crippen molar-refractivity contribution in [2.45, 2.75) is 32.0 Å². The summed E-state index contributed by atoms with van der Waals surface area (Å²) >= 11 is 12.5. The lowest BCUT2D eigenvalue weighted by molar-refractivity contribution is -0.159. The standard InChI is InChI=1S/C29H25Cl2N3O3/c1-2-37-25-10-6-4-8-20(25)28-27-21(19-7-3-5-9-23(19)32-27)14-24-29(36)33(16-26(35)34(24)28)15-17-11-12-18(30)13-22(17)31/h3-13,24,28,32H,2,14-16H2,1H3/t24-,28-/m0/s1. The second kappa shape index (κ2) is 9.43. The Morgan fingerprint density at radius 3 is 2.62 bits per heavy atom. The van der Waals surface area contributed by atoms with Gasteiger partial charge in [-0.3, -0.25) is 9.59 Å². The zero-order valence-electron chi connectivity index (χ0n) is 20.2. The van der Waals surface area contributed by atoms with Crippen molar-refractivity contribution in [3.63, 3.8) is 0 Å². The Kier molecular flexibility index (Phi) is 6.09. The molecule has 2 atom stereocenters. The van der Waals surface area contributed by atoms with Gasteiger partial charge in [-0.1, -0.05) is 65.7 Å². The van der Waals surface area contributed by atoms with E-state index < -0.39 is 12.1 Å². The van der Waals surface area contributed by atoms with Gasteiger partial charge >= 0.3 is 0 Å². The first-order valence-electron chi connectivity index (χ1n) is 12.3. The molecule has 0 aliphatic carbocycles. The van der Waals surface area contributed by atoms with Gasteiger partial charge in [0.2, 0.25) is 11.8 Å². The third-order valence-corrected chi connectivity index (χ3v) is 7.82. The van der Waals surface area contributed by atoms with E-state index >= 15 is 0 Å². The predicted molar refractivity (Wildman–Crippen MR) is 144 cm³/mol. The number of hydrogen-bond acceptors (Lipinski definition) is 3. The molecule has 2 aliphatic heterocycles. The number of aromatic amines is 1. The van der Waals surface area contributed by atoms with Crippen LogP contribution < -0.4 is 4.74 Å². The molecule has 1 N–H and O–H groups in total. The summed E-state index contributed by atoms with van der Waals surface area (Å²) < 4.78 is 5.97. The highest BCUT2D eigenvalue weighted by atomic mass is 35.5. The van der Waals surface area contributed by atoms with E-state index in [9.17, 15) is 9.59 Å². The first kappa shape index (κ1) is 23.9. The molecule has 6 rings (SSSR count). The lowest BCUT2D eigenvalue weighted by Gasteiger charge is -2.47. The molecule has 0 spiro atoms. The lowest BCUT2D eigenvalue weighted by Crippen LogP contribution is -2.62. The molecule has 1 aromatic heterocycles. The summed E-state index contributed by atoms with van der Waals surface area (Å²) in [6.45, 7) is 2.64. The van der Waals surface area contributed by atoms with Crippen molar-refractivity contribution in [3.8, 4) is 5.75 Å². The molecule has 0 saturated carbocycles. The number of fused-ring (bicyclic) bond motifs is 4. The first-order valence-corrected chi connectivity index (χ1v) is 13.1. The highest BCUT2D eigenvalue weighted by Crippen LogP contribution is 2.45. The molecule has 1 saturated heterocycles. The number of halogens is 2. The Hall–Kier alpha value is -3.48. The van der Waals surface area contributed by atoms with Crippen LogP contribution in [0.15, 0.2) is 66.7 Å². The largest absolute Gasteiger partial charge is 0.494 e. The minimum Gasteiger partial charge on any atom is -0.494 e. The van der Waals surface area contributed by atoms with Crippen molar-refractivity contribution in [2.75, 3.05) is 13.2 Å². The topological polar surface area (TPSA) is 65.6 Å². The fourth-order valence-electron chi connectivity index (χ4n) is 5.63. The summed E-state index contributed by atoms with van der Waals surface area (Å²) in [6, 6.07) is 19.9. The number of hydrogen-bond donors (Lipinski definition) is 1. The predicted octanol–water partition coefficient (Wildman–Crippen LogP) is 5.76. The van der Waals surface area contributed by atoms with Crippen LogP contribution in [0.4, 0.5) is 0 Å². The van der Waals surface area contributed by atoms with Crippen LogP contribution in [0.2, 0.25) is 10.0 Å². The number of nitrogens with one attached hydrogen (secondary N) is 1. The van der Waals surface area contributed by atoms with Gasteiger partial charge < -0.3 is 19.5 Å². The third-order valence-electron chi connectivity index (χ3n) is 7.23. The van der Waals surface area contributed by atoms with Gasteiger partial charge in [-0.05, 0) is 42.3 Å². The van der Waals surface area contributed by atoms with E-state index in [1.807, 2.05) is 49.4 Å². The summed E-state index contributed by atoms with van der Waals surface area (Å²) in [7, 11) is 0. The van der Waals surface area contributed by atoms with Gasteiger partial charge in [0.15, 0.2) is 0 Å². The number of carbonyl (C=O) groups excluding carboxylic acids is 2. The third kappa shape index (κ3) is 4.05. The highest BCUT2D eigenvalue weighted by Gasteiger charge is 2.48. The van der Waals surface area contributed by atoms with Crippen LogP contribution in [0.25, 0.3) is 10.9 Å². The van der Waals surface area contributed by atoms with Crippen LogP contribution in [-0.2, 0) is 22.6 Å². The lowest BCUT2D eigenvalue weighted by atomic mass is 9.85. The summed E-state index contributed by atoms with van der Waals surface area (Å²) in [5.41, 5.74) is 4.58. The van der Waals surface area contributed by atoms with Crippen molar-refractivity contribution in [1.82, 2.24) is 14.8 Å². The maximum absolute atomic E-state index is 14.0. The second-order valence-electron chi connectivity index (χ2n) is 9.39. The Morgan fingerprint density at radius 1 is 1.03 bits per heavy atom. The fourth-order valence-corrected chi connectivity index (χ4v) is 6.10. The molecule has 3 aromatic carbocycles. The number of rotatable bonds is 5. The van der Waals surface area contributed by atoms with Crippen LogP contribution in [0.1, 0.15) is 35.3 Å². The molecule has 0 bridgehead atoms. The van der Waals surface area contributed by atoms with Crippen molar-refractivity contribution < 1.29 is 14.3 Å². The van der Waals surface area contributed by atoms with E-state index in [-0.39, 0.29) is 24.9 Å². The number of ether oxygens (including phenoxy) is 1. The van der Waals surface area contributed by atoms with Gasteiger partial charge in [0.05, 0.1) is 6.61 Å². The molecule has 3 heterocycles. The molecule has 1 fully saturated rings. The molecule has 8 heteroatoms. The monoisotopic (exact) mass is 533 g/mol. The summed E-state index contributed by atoms with van der Waals surface area (Å²) in [5, 5.41) is 2.06. The van der Waals surface area contributed by atoms with E-state index in [4.69, 9.17) is 27.9 Å². The summed E-state index contributed by atoms with van der Waals surface area (Å²) in [6.07, 6.45) is 0.433. The SMILES string of the molecule is CCOc1ccccc1[C@H]1c2[nH]c3ccccc3c2C[C@H]2C(=O)N(Cc3ccc(Cl)cc3Cl)CC(=O)N12. The number of nitrogens with zero attached hydrogens (tertiary/aromatic N) is 2. The highest BCUT2D eigenvalue weighted by molar-refractivity contribution is 6.35. The minimum atomic E-state index is -0.640. The smallest absolute Gasteiger partial charge is 0.246 e. The van der Waals surface area contributed by atoms with Gasteiger partial charge in [0.25, 0.3) is 0 Å². The van der Waals surface area contributed by atoms with Crippen LogP contribution in [0, 0.1) is 0 Å². The van der Waals surface area contributed by atoms with Crippen molar-refractivity contribution in [2.24, 2.45) is 0 Å². The van der Waals surface area contributed by atoms with Crippen LogP contribution in [-0.4, -0.2) is 45.8 Å². The Labute approximate surface area is 224 Å². The number of H-pyrrole nitrogens is 1. The number of carbonyl (C=O) groups is 2. The van der Waals surface area contributed by atoms with E-state index in [1.54, 1.807) is 28.0 Å². The van der Waals surface area contributed by atoms with Gasteiger partial charge in [-0.25, -0.2) is 0 Å². The molecular formula is C29H25Cl2N3O3. The molecule has 6 nitrogen and oxygen atoms in total. The van der Waals surface area contributed by atoms with Gasteiger partial charge in [0, 0.05) is 45.2 Å². The normalized spacial score (nSPS) is 19.2. The Balaban J connectivity index is 1.46. The zero-order valence-corrected chi connectivity index (χ0v) is 21.7. The molecule has 0 unspecified atom stereocenters.